The number of likely N-dealkylation sites (tertiary alicyclic amines) is 1. The number of alkyl carbamates (subject to hydrolysis) is 1. The minimum atomic E-state index is -0.608. The van der Waals surface area contributed by atoms with E-state index in [-0.39, 0.29) is 29.7 Å². The fourth-order valence-corrected chi connectivity index (χ4v) is 6.37. The van der Waals surface area contributed by atoms with Crippen molar-refractivity contribution in [3.63, 3.8) is 0 Å². The highest BCUT2D eigenvalue weighted by molar-refractivity contribution is 5.86. The van der Waals surface area contributed by atoms with Gasteiger partial charge in [-0.25, -0.2) is 19.2 Å². The summed E-state index contributed by atoms with van der Waals surface area (Å²) < 4.78 is 21.4. The van der Waals surface area contributed by atoms with E-state index in [9.17, 15) is 19.2 Å². The summed E-state index contributed by atoms with van der Waals surface area (Å²) >= 11 is 0. The van der Waals surface area contributed by atoms with Crippen molar-refractivity contribution < 1.29 is 38.1 Å². The van der Waals surface area contributed by atoms with Gasteiger partial charge in [-0.3, -0.25) is 0 Å². The SMILES string of the molecule is C=CC(=O)OCC1CCC(COC(=O)N2CC3(C)CC(NC(=O)OC(C)COC(=O)C(=C)C)CC2(C)C3)CC1. The van der Waals surface area contributed by atoms with Crippen LogP contribution in [0.2, 0.25) is 0 Å². The van der Waals surface area contributed by atoms with Gasteiger partial charge in [-0.2, -0.15) is 0 Å². The topological polar surface area (TPSA) is 120 Å². The zero-order valence-corrected chi connectivity index (χ0v) is 23.8. The molecule has 4 atom stereocenters. The lowest BCUT2D eigenvalue weighted by atomic mass is 9.70. The third kappa shape index (κ3) is 8.47. The summed E-state index contributed by atoms with van der Waals surface area (Å²) in [5.41, 5.74) is -0.296. The molecule has 10 nitrogen and oxygen atoms in total. The lowest BCUT2D eigenvalue weighted by Gasteiger charge is -2.41. The van der Waals surface area contributed by atoms with Crippen molar-refractivity contribution in [1.82, 2.24) is 10.2 Å². The van der Waals surface area contributed by atoms with Gasteiger partial charge >= 0.3 is 24.1 Å². The number of rotatable bonds is 10. The van der Waals surface area contributed by atoms with Crippen LogP contribution in [0.3, 0.4) is 0 Å². The monoisotopic (exact) mass is 548 g/mol. The number of nitrogens with one attached hydrogen (secondary N) is 1. The average molecular weight is 549 g/mol. The van der Waals surface area contributed by atoms with Gasteiger partial charge in [-0.15, -0.1) is 0 Å². The zero-order chi connectivity index (χ0) is 28.8. The Labute approximate surface area is 231 Å². The molecular weight excluding hydrogens is 504 g/mol. The van der Waals surface area contributed by atoms with Gasteiger partial charge in [0.2, 0.25) is 0 Å². The molecule has 10 heteroatoms. The highest BCUT2D eigenvalue weighted by Crippen LogP contribution is 2.51. The molecule has 1 saturated heterocycles. The fourth-order valence-electron chi connectivity index (χ4n) is 6.37. The third-order valence-electron chi connectivity index (χ3n) is 8.11. The van der Waals surface area contributed by atoms with Crippen LogP contribution < -0.4 is 5.32 Å². The smallest absolute Gasteiger partial charge is 0.410 e. The maximum atomic E-state index is 13.2. The summed E-state index contributed by atoms with van der Waals surface area (Å²) in [5.74, 6) is -0.286. The van der Waals surface area contributed by atoms with Crippen LogP contribution in [0.5, 0.6) is 0 Å². The molecule has 1 N–H and O–H groups in total. The van der Waals surface area contributed by atoms with E-state index in [1.807, 2.05) is 11.8 Å². The maximum absolute atomic E-state index is 13.2. The Morgan fingerprint density at radius 3 is 2.23 bits per heavy atom. The summed E-state index contributed by atoms with van der Waals surface area (Å²) in [5, 5.41) is 2.94. The molecule has 218 valence electrons. The molecule has 2 aliphatic carbocycles. The lowest BCUT2D eigenvalue weighted by molar-refractivity contribution is -0.141. The molecular formula is C29H44N2O8. The number of fused-ring (bicyclic) bond motifs is 2. The van der Waals surface area contributed by atoms with Gasteiger partial charge in [0.05, 0.1) is 13.2 Å². The van der Waals surface area contributed by atoms with Gasteiger partial charge < -0.3 is 29.2 Å². The summed E-state index contributed by atoms with van der Waals surface area (Å²) in [7, 11) is 0. The van der Waals surface area contributed by atoms with E-state index in [1.165, 1.54) is 6.08 Å². The van der Waals surface area contributed by atoms with Crippen molar-refractivity contribution >= 4 is 24.1 Å². The molecule has 0 spiro atoms. The number of carbonyl (C=O) groups is 4. The molecule has 39 heavy (non-hydrogen) atoms. The first kappa shape index (κ1) is 30.5. The molecule has 0 radical (unpaired) electrons. The summed E-state index contributed by atoms with van der Waals surface area (Å²) in [4.78, 5) is 50.4. The lowest BCUT2D eigenvalue weighted by Crippen LogP contribution is -2.51. The van der Waals surface area contributed by atoms with Crippen molar-refractivity contribution in [2.75, 3.05) is 26.4 Å². The molecule has 0 aromatic carbocycles. The molecule has 4 unspecified atom stereocenters. The second kappa shape index (κ2) is 12.9. The highest BCUT2D eigenvalue weighted by atomic mass is 16.6. The van der Waals surface area contributed by atoms with E-state index in [1.54, 1.807) is 13.8 Å². The number of amides is 2. The van der Waals surface area contributed by atoms with Crippen molar-refractivity contribution in [3.8, 4) is 0 Å². The van der Waals surface area contributed by atoms with E-state index in [0.29, 0.717) is 38.0 Å². The van der Waals surface area contributed by atoms with E-state index in [4.69, 9.17) is 18.9 Å². The predicted octanol–water partition coefficient (Wildman–Crippen LogP) is 4.53. The molecule has 3 fully saturated rings. The molecule has 1 heterocycles. The fraction of sp³-hybridized carbons (Fsp3) is 0.724. The minimum absolute atomic E-state index is 0.0523. The van der Waals surface area contributed by atoms with Crippen LogP contribution in [-0.4, -0.2) is 73.1 Å². The van der Waals surface area contributed by atoms with E-state index >= 15 is 0 Å². The van der Waals surface area contributed by atoms with Crippen molar-refractivity contribution in [3.05, 3.63) is 24.8 Å². The first-order chi connectivity index (χ1) is 18.3. The normalized spacial score (nSPS) is 30.5. The van der Waals surface area contributed by atoms with Crippen LogP contribution in [0.15, 0.2) is 24.8 Å². The summed E-state index contributed by atoms with van der Waals surface area (Å²) in [6, 6.07) is -0.158. The number of ether oxygens (including phenoxy) is 4. The van der Waals surface area contributed by atoms with Gasteiger partial charge in [0.15, 0.2) is 0 Å². The zero-order valence-electron chi connectivity index (χ0n) is 23.8. The molecule has 0 aromatic heterocycles. The molecule has 2 amide bonds. The van der Waals surface area contributed by atoms with Gasteiger partial charge in [0.1, 0.15) is 12.7 Å². The Kier molecular flexibility index (Phi) is 10.1. The third-order valence-corrected chi connectivity index (χ3v) is 8.11. The Morgan fingerprint density at radius 2 is 1.64 bits per heavy atom. The number of hydrogen-bond acceptors (Lipinski definition) is 8. The molecule has 1 aliphatic heterocycles. The van der Waals surface area contributed by atoms with E-state index in [0.717, 1.165) is 38.5 Å². The average Bonchev–Trinajstić information content (AvgIpc) is 3.07. The van der Waals surface area contributed by atoms with Gasteiger partial charge in [0, 0.05) is 29.8 Å². The first-order valence-corrected chi connectivity index (χ1v) is 13.9. The van der Waals surface area contributed by atoms with Crippen LogP contribution in [0.4, 0.5) is 9.59 Å². The Bertz CT molecular complexity index is 959. The quantitative estimate of drug-likeness (QED) is 0.240. The highest BCUT2D eigenvalue weighted by Gasteiger charge is 2.56. The molecule has 0 aromatic rings. The van der Waals surface area contributed by atoms with Crippen LogP contribution in [-0.2, 0) is 28.5 Å². The molecule has 3 aliphatic rings. The standard InChI is InChI=1S/C29H44N2O8/c1-7-24(32)36-15-21-8-10-22(11-9-21)16-38-27(35)31-18-28(5)12-23(13-29(31,6)17-28)30-26(34)39-20(4)14-37-25(33)19(2)3/h7,20-23H,1-2,8-18H2,3-6H3,(H,30,34). The second-order valence-corrected chi connectivity index (χ2v) is 12.2. The van der Waals surface area contributed by atoms with Gasteiger partial charge in [-0.05, 0) is 83.0 Å². The Balaban J connectivity index is 1.44. The molecule has 3 rings (SSSR count). The van der Waals surface area contributed by atoms with Crippen LogP contribution in [0, 0.1) is 17.3 Å². The summed E-state index contributed by atoms with van der Waals surface area (Å²) in [6.45, 7) is 15.6. The second-order valence-electron chi connectivity index (χ2n) is 12.2. The molecule has 2 bridgehead atoms. The van der Waals surface area contributed by atoms with Crippen LogP contribution in [0.25, 0.3) is 0 Å². The number of hydrogen-bond donors (Lipinski definition) is 1. The van der Waals surface area contributed by atoms with Crippen LogP contribution >= 0.6 is 0 Å². The number of nitrogens with zero attached hydrogens (tertiary/aromatic N) is 1. The summed E-state index contributed by atoms with van der Waals surface area (Å²) in [6.07, 6.45) is 5.57. The van der Waals surface area contributed by atoms with Crippen LogP contribution in [0.1, 0.15) is 72.6 Å². The predicted molar refractivity (Wildman–Crippen MR) is 144 cm³/mol. The largest absolute Gasteiger partial charge is 0.462 e. The Morgan fingerprint density at radius 1 is 1.03 bits per heavy atom. The van der Waals surface area contributed by atoms with E-state index in [2.05, 4.69) is 25.4 Å². The van der Waals surface area contributed by atoms with Gasteiger partial charge in [0.25, 0.3) is 0 Å². The Hall–Kier alpha value is -3.04. The number of esters is 2. The van der Waals surface area contributed by atoms with Crippen molar-refractivity contribution in [1.29, 1.82) is 0 Å². The van der Waals surface area contributed by atoms with Crippen molar-refractivity contribution in [2.45, 2.75) is 90.3 Å². The minimum Gasteiger partial charge on any atom is -0.462 e. The maximum Gasteiger partial charge on any atom is 0.410 e. The number of carbonyl (C=O) groups excluding carboxylic acids is 4. The van der Waals surface area contributed by atoms with Crippen molar-refractivity contribution in [2.24, 2.45) is 17.3 Å². The molecule has 2 saturated carbocycles. The van der Waals surface area contributed by atoms with E-state index < -0.39 is 29.7 Å². The first-order valence-electron chi connectivity index (χ1n) is 13.9. The van der Waals surface area contributed by atoms with Gasteiger partial charge in [-0.1, -0.05) is 20.1 Å².